The summed E-state index contributed by atoms with van der Waals surface area (Å²) < 4.78 is 41.3. The first kappa shape index (κ1) is 50.9. The highest BCUT2D eigenvalue weighted by Gasteiger charge is 2.37. The van der Waals surface area contributed by atoms with Crippen LogP contribution in [0.15, 0.2) is 66.9 Å². The number of fused-ring (bicyclic) bond motifs is 5. The molecule has 0 radical (unpaired) electrons. The molecule has 3 aromatic carbocycles. The van der Waals surface area contributed by atoms with E-state index in [-0.39, 0.29) is 63.6 Å². The number of ether oxygens (including phenoxy) is 2. The highest BCUT2D eigenvalue weighted by atomic mass is 19.3. The lowest BCUT2D eigenvalue weighted by atomic mass is 9.93. The number of hydrogen-bond acceptors (Lipinski definition) is 13. The number of carbonyl (C=O) groups is 5. The Kier molecular flexibility index (Phi) is 18.2. The molecule has 5 rings (SSSR count). The van der Waals surface area contributed by atoms with Gasteiger partial charge in [-0.3, -0.25) is 24.0 Å². The molecule has 1 aliphatic heterocycles. The van der Waals surface area contributed by atoms with Crippen LogP contribution >= 0.6 is 0 Å². The molecule has 18 nitrogen and oxygen atoms in total. The average Bonchev–Trinajstić information content (AvgIpc) is 3.31. The Balaban J connectivity index is 1.57. The molecule has 67 heavy (non-hydrogen) atoms. The van der Waals surface area contributed by atoms with Crippen molar-refractivity contribution >= 4 is 29.5 Å². The Hall–Kier alpha value is -7.08. The molecule has 1 aromatic heterocycles. The molecule has 2 heterocycles. The Morgan fingerprint density at radius 2 is 1.58 bits per heavy atom. The van der Waals surface area contributed by atoms with Gasteiger partial charge in [-0.25, -0.2) is 18.7 Å². The summed E-state index contributed by atoms with van der Waals surface area (Å²) >= 11 is 0. The van der Waals surface area contributed by atoms with Crippen molar-refractivity contribution in [1.82, 2.24) is 36.1 Å². The predicted octanol–water partition coefficient (Wildman–Crippen LogP) is 2.45. The number of aromatic nitrogens is 2. The van der Waals surface area contributed by atoms with Crippen LogP contribution in [0.3, 0.4) is 0 Å². The van der Waals surface area contributed by atoms with Crippen molar-refractivity contribution < 1.29 is 42.2 Å². The van der Waals surface area contributed by atoms with Crippen LogP contribution in [0.5, 0.6) is 11.5 Å². The monoisotopic (exact) mass is 925 g/mol. The molecule has 0 unspecified atom stereocenters. The van der Waals surface area contributed by atoms with Gasteiger partial charge in [0.2, 0.25) is 23.6 Å². The maximum Gasteiger partial charge on any atom is 0.281 e. The number of hydrogen-bond donors (Lipinski definition) is 7. The minimum absolute atomic E-state index is 0.0265. The summed E-state index contributed by atoms with van der Waals surface area (Å²) in [5, 5.41) is 19.4. The third-order valence-electron chi connectivity index (χ3n) is 10.7. The number of rotatable bonds is 18. The smallest absolute Gasteiger partial charge is 0.281 e. The zero-order valence-electron chi connectivity index (χ0n) is 37.8. The quantitative estimate of drug-likeness (QED) is 0.0708. The number of benzene rings is 3. The fraction of sp³-hybridized carbons (Fsp3) is 0.404. The molecule has 0 aliphatic carbocycles. The van der Waals surface area contributed by atoms with Gasteiger partial charge < -0.3 is 52.8 Å². The summed E-state index contributed by atoms with van der Waals surface area (Å²) in [5.74, 6) is -3.17. The Labute approximate surface area is 387 Å². The molecule has 4 atom stereocenters. The molecular weight excluding hydrogens is 869 g/mol. The minimum Gasteiger partial charge on any atom is -0.492 e. The topological polar surface area (TPSA) is 283 Å². The van der Waals surface area contributed by atoms with Gasteiger partial charge in [0.05, 0.1) is 11.6 Å². The molecular formula is C47H57F2N11O7. The third kappa shape index (κ3) is 13.1. The fourth-order valence-corrected chi connectivity index (χ4v) is 7.50. The third-order valence-corrected chi connectivity index (χ3v) is 10.7. The van der Waals surface area contributed by atoms with E-state index in [9.17, 15) is 32.8 Å². The number of alkyl halides is 2. The lowest BCUT2D eigenvalue weighted by molar-refractivity contribution is -0.141. The highest BCUT2D eigenvalue weighted by molar-refractivity contribution is 6.00. The summed E-state index contributed by atoms with van der Waals surface area (Å²) in [6, 6.07) is 13.3. The number of nitrogens with one attached hydrogen (secondary N) is 4. The number of likely N-dealkylation sites (N-methyl/N-ethyl adjacent to an activating group) is 1. The summed E-state index contributed by atoms with van der Waals surface area (Å²) in [7, 11) is 1.30. The average molecular weight is 926 g/mol. The van der Waals surface area contributed by atoms with Crippen molar-refractivity contribution in [3.05, 3.63) is 94.8 Å². The second-order valence-electron chi connectivity index (χ2n) is 16.3. The van der Waals surface area contributed by atoms with Crippen LogP contribution in [0.4, 0.5) is 8.78 Å². The second-order valence-corrected chi connectivity index (χ2v) is 16.3. The first-order valence-electron chi connectivity index (χ1n) is 21.8. The lowest BCUT2D eigenvalue weighted by Crippen LogP contribution is -2.56. The van der Waals surface area contributed by atoms with E-state index in [0.717, 1.165) is 23.1 Å². The molecule has 4 aromatic rings. The Morgan fingerprint density at radius 3 is 2.19 bits per heavy atom. The highest BCUT2D eigenvalue weighted by Crippen LogP contribution is 2.40. The first-order chi connectivity index (χ1) is 32.1. The molecule has 5 amide bonds. The van der Waals surface area contributed by atoms with E-state index in [1.54, 1.807) is 48.5 Å². The number of carbonyl (C=O) groups excluding carboxylic acids is 5. The molecule has 4 bridgehead atoms. The van der Waals surface area contributed by atoms with Crippen molar-refractivity contribution in [3.63, 3.8) is 0 Å². The molecule has 20 heteroatoms. The van der Waals surface area contributed by atoms with E-state index in [1.165, 1.54) is 14.0 Å². The summed E-state index contributed by atoms with van der Waals surface area (Å²) in [6.45, 7) is 5.55. The van der Waals surface area contributed by atoms with Crippen LogP contribution in [0.2, 0.25) is 0 Å². The van der Waals surface area contributed by atoms with E-state index in [4.69, 9.17) is 31.9 Å². The molecule has 356 valence electrons. The molecule has 0 saturated carbocycles. The van der Waals surface area contributed by atoms with Gasteiger partial charge in [0.1, 0.15) is 61.1 Å². The molecule has 10 N–H and O–H groups in total. The van der Waals surface area contributed by atoms with Crippen molar-refractivity contribution in [2.24, 2.45) is 23.1 Å². The van der Waals surface area contributed by atoms with Crippen molar-refractivity contribution in [1.29, 1.82) is 5.26 Å². The van der Waals surface area contributed by atoms with Crippen LogP contribution in [-0.4, -0.2) is 109 Å². The number of nitrogens with zero attached hydrogens (tertiary/aromatic N) is 4. The van der Waals surface area contributed by atoms with Crippen molar-refractivity contribution in [2.45, 2.75) is 70.6 Å². The number of amides is 5. The molecule has 0 fully saturated rings. The predicted molar refractivity (Wildman–Crippen MR) is 244 cm³/mol. The maximum absolute atomic E-state index is 14.6. The summed E-state index contributed by atoms with van der Waals surface area (Å²) in [5.41, 5.74) is 19.2. The van der Waals surface area contributed by atoms with E-state index < -0.39 is 71.4 Å². The largest absolute Gasteiger partial charge is 0.492 e. The van der Waals surface area contributed by atoms with Crippen LogP contribution in [0.25, 0.3) is 22.5 Å². The molecule has 1 aliphatic rings. The van der Waals surface area contributed by atoms with Crippen LogP contribution < -0.4 is 47.9 Å². The van der Waals surface area contributed by atoms with Crippen LogP contribution in [-0.2, 0) is 32.0 Å². The second kappa shape index (κ2) is 23.9. The van der Waals surface area contributed by atoms with Crippen molar-refractivity contribution in [3.8, 4) is 40.1 Å². The normalized spacial score (nSPS) is 16.5. The number of halogens is 2. The number of nitriles is 1. The van der Waals surface area contributed by atoms with Crippen LogP contribution in [0, 0.1) is 17.2 Å². The van der Waals surface area contributed by atoms with Gasteiger partial charge in [-0.15, -0.1) is 0 Å². The Bertz CT molecular complexity index is 2450. The van der Waals surface area contributed by atoms with Gasteiger partial charge in [-0.2, -0.15) is 5.26 Å². The zero-order chi connectivity index (χ0) is 48.8. The number of nitrogens with two attached hydrogens (primary N) is 3. The maximum atomic E-state index is 14.6. The van der Waals surface area contributed by atoms with Gasteiger partial charge in [0.25, 0.3) is 12.3 Å². The van der Waals surface area contributed by atoms with Gasteiger partial charge in [0.15, 0.2) is 5.82 Å². The van der Waals surface area contributed by atoms with Crippen LogP contribution in [0.1, 0.15) is 72.4 Å². The zero-order valence-corrected chi connectivity index (χ0v) is 37.8. The molecule has 0 spiro atoms. The van der Waals surface area contributed by atoms with E-state index in [1.807, 2.05) is 18.2 Å². The van der Waals surface area contributed by atoms with Gasteiger partial charge in [-0.05, 0) is 73.2 Å². The van der Waals surface area contributed by atoms with E-state index in [2.05, 4.69) is 45.1 Å². The fourth-order valence-electron chi connectivity index (χ4n) is 7.50. The lowest BCUT2D eigenvalue weighted by Gasteiger charge is -2.32. The summed E-state index contributed by atoms with van der Waals surface area (Å²) in [6.07, 6.45) is -1.64. The van der Waals surface area contributed by atoms with Gasteiger partial charge in [0, 0.05) is 49.4 Å². The van der Waals surface area contributed by atoms with Gasteiger partial charge >= 0.3 is 0 Å². The molecule has 0 saturated heterocycles. The van der Waals surface area contributed by atoms with E-state index >= 15 is 0 Å². The SMILES string of the molecule is CC(C)Cc1ccc(-c2ncc(C(=O)N[C@@H](CCN)C(=O)N(C)[C@@H]3C(=O)N[C@@H](C)C(=O)N[C@H](C(=O)NCC#N)Cc4ccc(OCCN)c(c4)-c4cc3ccc4OCCN)c(C(F)F)n2)cc1. The van der Waals surface area contributed by atoms with Gasteiger partial charge in [-0.1, -0.05) is 50.2 Å². The van der Waals surface area contributed by atoms with E-state index in [0.29, 0.717) is 39.7 Å². The Morgan fingerprint density at radius 1 is 0.925 bits per heavy atom. The first-order valence-corrected chi connectivity index (χ1v) is 21.8. The minimum atomic E-state index is -3.20. The standard InChI is InChI=1S/C47H57F2N11O7/c1-26(2)21-28-5-8-30(9-6-28)42-55-25-34(39(59-42)41(48)49)44(62)57-35(13-14-50)47(65)60(4)40-31-10-12-38(67-20-17-53)33(24-31)32-22-29(7-11-37(32)66-19-16-52)23-36(45(63)54-18-15-51)58-43(61)27(3)56-46(40)64/h5-12,22,24-27,35-36,40-41H,13-14,16-21,23,50,52-53H2,1-4H3,(H,54,63)(H,56,64)(H,57,62)(H,58,61)/t27-,35-,36-,40-/m0/s1. The van der Waals surface area contributed by atoms with Crippen molar-refractivity contribution in [2.75, 3.05) is 46.4 Å². The summed E-state index contributed by atoms with van der Waals surface area (Å²) in [4.78, 5) is 79.4.